The summed E-state index contributed by atoms with van der Waals surface area (Å²) >= 11 is 5.35. The zero-order valence-electron chi connectivity index (χ0n) is 7.20. The molecule has 0 N–H and O–H groups in total. The lowest BCUT2D eigenvalue weighted by molar-refractivity contribution is 0.106. The van der Waals surface area contributed by atoms with Crippen LogP contribution in [0.5, 0.6) is 0 Å². The number of hydrogen-bond donors (Lipinski definition) is 0. The van der Waals surface area contributed by atoms with Gasteiger partial charge in [-0.05, 0) is 29.9 Å². The molecule has 0 amide bonds. The Morgan fingerprint density at radius 2 is 2.38 bits per heavy atom. The molecule has 0 radical (unpaired) electrons. The number of thioether (sulfide) groups is 1. The molecule has 0 bridgehead atoms. The summed E-state index contributed by atoms with van der Waals surface area (Å²) in [7, 11) is 0. The average molecular weight is 259 g/mol. The van der Waals surface area contributed by atoms with E-state index >= 15 is 0 Å². The van der Waals surface area contributed by atoms with Crippen molar-refractivity contribution in [1.82, 2.24) is 0 Å². The maximum atomic E-state index is 5.66. The van der Waals surface area contributed by atoms with Crippen molar-refractivity contribution >= 4 is 27.7 Å². The summed E-state index contributed by atoms with van der Waals surface area (Å²) in [5.41, 5.74) is 1.50. The lowest BCUT2D eigenvalue weighted by Gasteiger charge is -2.22. The molecule has 1 saturated heterocycles. The fraction of sp³-hybridized carbons (Fsp3) is 0.400. The van der Waals surface area contributed by atoms with Crippen molar-refractivity contribution in [3.63, 3.8) is 0 Å². The standard InChI is InChI=1S/C10H11BrOS/c11-9-4-1-3-8(7-9)10-12-5-2-6-13-10/h1,3-4,7,10H,2,5-6H2/t10-/m1/s1. The molecule has 0 aliphatic carbocycles. The number of ether oxygens (including phenoxy) is 1. The predicted octanol–water partition coefficient (Wildman–Crippen LogP) is 3.60. The van der Waals surface area contributed by atoms with Crippen molar-refractivity contribution in [2.24, 2.45) is 0 Å². The molecule has 1 fully saturated rings. The van der Waals surface area contributed by atoms with Crippen LogP contribution < -0.4 is 0 Å². The van der Waals surface area contributed by atoms with Crippen LogP contribution >= 0.6 is 27.7 Å². The van der Waals surface area contributed by atoms with Crippen LogP contribution in [0.2, 0.25) is 0 Å². The molecule has 1 aromatic rings. The van der Waals surface area contributed by atoms with E-state index < -0.39 is 0 Å². The molecule has 70 valence electrons. The predicted molar refractivity (Wildman–Crippen MR) is 59.9 cm³/mol. The fourth-order valence-corrected chi connectivity index (χ4v) is 2.78. The number of hydrogen-bond acceptors (Lipinski definition) is 2. The maximum absolute atomic E-state index is 5.66. The lowest BCUT2D eigenvalue weighted by Crippen LogP contribution is -2.09. The third-order valence-corrected chi connectivity index (χ3v) is 3.68. The normalized spacial score (nSPS) is 23.0. The van der Waals surface area contributed by atoms with Gasteiger partial charge in [-0.2, -0.15) is 0 Å². The Bertz CT molecular complexity index is 284. The Labute approximate surface area is 91.0 Å². The summed E-state index contributed by atoms with van der Waals surface area (Å²) in [6.07, 6.45) is 1.18. The minimum absolute atomic E-state index is 0.242. The van der Waals surface area contributed by atoms with Gasteiger partial charge in [0.2, 0.25) is 0 Å². The highest BCUT2D eigenvalue weighted by Crippen LogP contribution is 2.34. The SMILES string of the molecule is Brc1cccc([C@@H]2OCCCS2)c1. The molecule has 2 rings (SSSR count). The summed E-state index contributed by atoms with van der Waals surface area (Å²) in [4.78, 5) is 0. The second kappa shape index (κ2) is 4.49. The first-order valence-corrected chi connectivity index (χ1v) is 6.19. The van der Waals surface area contributed by atoms with E-state index in [1.165, 1.54) is 17.7 Å². The smallest absolute Gasteiger partial charge is 0.128 e. The van der Waals surface area contributed by atoms with Gasteiger partial charge in [0.1, 0.15) is 5.44 Å². The first-order chi connectivity index (χ1) is 6.36. The van der Waals surface area contributed by atoms with Crippen LogP contribution in [0, 0.1) is 0 Å². The van der Waals surface area contributed by atoms with Crippen molar-refractivity contribution in [2.75, 3.05) is 12.4 Å². The van der Waals surface area contributed by atoms with Gasteiger partial charge in [-0.1, -0.05) is 28.1 Å². The van der Waals surface area contributed by atoms with Crippen molar-refractivity contribution in [3.05, 3.63) is 34.3 Å². The minimum atomic E-state index is 0.242. The van der Waals surface area contributed by atoms with Gasteiger partial charge in [0, 0.05) is 11.1 Å². The van der Waals surface area contributed by atoms with Crippen LogP contribution in [0.3, 0.4) is 0 Å². The fourth-order valence-electron chi connectivity index (χ4n) is 1.33. The zero-order chi connectivity index (χ0) is 9.10. The first-order valence-electron chi connectivity index (χ1n) is 4.35. The molecule has 1 heterocycles. The van der Waals surface area contributed by atoms with Crippen LogP contribution in [0.4, 0.5) is 0 Å². The minimum Gasteiger partial charge on any atom is -0.363 e. The first kappa shape index (κ1) is 9.56. The molecule has 0 spiro atoms. The van der Waals surface area contributed by atoms with Gasteiger partial charge in [-0.3, -0.25) is 0 Å². The van der Waals surface area contributed by atoms with Crippen LogP contribution in [0.15, 0.2) is 28.7 Å². The molecule has 13 heavy (non-hydrogen) atoms. The summed E-state index contributed by atoms with van der Waals surface area (Å²) in [6.45, 7) is 0.893. The molecular formula is C10H11BrOS. The summed E-state index contributed by atoms with van der Waals surface area (Å²) in [5.74, 6) is 1.21. The average Bonchev–Trinajstić information content (AvgIpc) is 2.19. The van der Waals surface area contributed by atoms with Crippen molar-refractivity contribution < 1.29 is 4.74 Å². The molecule has 0 saturated carbocycles. The Morgan fingerprint density at radius 3 is 3.08 bits per heavy atom. The molecule has 1 aliphatic rings. The van der Waals surface area contributed by atoms with Crippen LogP contribution in [0.25, 0.3) is 0 Å². The van der Waals surface area contributed by atoms with E-state index in [1.807, 2.05) is 17.8 Å². The third kappa shape index (κ3) is 2.48. The number of rotatable bonds is 1. The van der Waals surface area contributed by atoms with E-state index in [2.05, 4.69) is 34.1 Å². The van der Waals surface area contributed by atoms with Gasteiger partial charge in [0.05, 0.1) is 0 Å². The zero-order valence-corrected chi connectivity index (χ0v) is 9.61. The number of halogens is 1. The van der Waals surface area contributed by atoms with Gasteiger partial charge in [-0.25, -0.2) is 0 Å². The monoisotopic (exact) mass is 258 g/mol. The van der Waals surface area contributed by atoms with Gasteiger partial charge < -0.3 is 4.74 Å². The van der Waals surface area contributed by atoms with Crippen molar-refractivity contribution in [2.45, 2.75) is 11.9 Å². The van der Waals surface area contributed by atoms with Crippen molar-refractivity contribution in [1.29, 1.82) is 0 Å². The second-order valence-corrected chi connectivity index (χ2v) is 5.07. The molecule has 3 heteroatoms. The highest BCUT2D eigenvalue weighted by atomic mass is 79.9. The quantitative estimate of drug-likeness (QED) is 0.762. The van der Waals surface area contributed by atoms with E-state index in [-0.39, 0.29) is 5.44 Å². The van der Waals surface area contributed by atoms with Gasteiger partial charge in [-0.15, -0.1) is 11.8 Å². The lowest BCUT2D eigenvalue weighted by atomic mass is 10.2. The Morgan fingerprint density at radius 1 is 1.46 bits per heavy atom. The van der Waals surface area contributed by atoms with Crippen LogP contribution in [0.1, 0.15) is 17.4 Å². The molecule has 0 unspecified atom stereocenters. The Hall–Kier alpha value is 0.01000. The van der Waals surface area contributed by atoms with Gasteiger partial charge in [0.25, 0.3) is 0 Å². The molecular weight excluding hydrogens is 248 g/mol. The molecule has 1 aliphatic heterocycles. The summed E-state index contributed by atoms with van der Waals surface area (Å²) in [5, 5.41) is 0. The van der Waals surface area contributed by atoms with Gasteiger partial charge in [0.15, 0.2) is 0 Å². The largest absolute Gasteiger partial charge is 0.363 e. The highest BCUT2D eigenvalue weighted by Gasteiger charge is 2.16. The number of benzene rings is 1. The highest BCUT2D eigenvalue weighted by molar-refractivity contribution is 9.10. The molecule has 1 aromatic carbocycles. The van der Waals surface area contributed by atoms with E-state index in [0.717, 1.165) is 11.1 Å². The third-order valence-electron chi connectivity index (χ3n) is 1.95. The van der Waals surface area contributed by atoms with Crippen LogP contribution in [-0.2, 0) is 4.74 Å². The summed E-state index contributed by atoms with van der Waals surface area (Å²) < 4.78 is 6.79. The van der Waals surface area contributed by atoms with Gasteiger partial charge >= 0.3 is 0 Å². The topological polar surface area (TPSA) is 9.23 Å². The molecule has 1 atom stereocenters. The van der Waals surface area contributed by atoms with Crippen molar-refractivity contribution in [3.8, 4) is 0 Å². The second-order valence-electron chi connectivity index (χ2n) is 2.98. The molecule has 1 nitrogen and oxygen atoms in total. The van der Waals surface area contributed by atoms with E-state index in [1.54, 1.807) is 0 Å². The Balaban J connectivity index is 2.14. The summed E-state index contributed by atoms with van der Waals surface area (Å²) in [6, 6.07) is 8.34. The van der Waals surface area contributed by atoms with Crippen LogP contribution in [-0.4, -0.2) is 12.4 Å². The molecule has 0 aromatic heterocycles. The Kier molecular flexibility index (Phi) is 3.30. The maximum Gasteiger partial charge on any atom is 0.128 e. The van der Waals surface area contributed by atoms with E-state index in [4.69, 9.17) is 4.74 Å². The van der Waals surface area contributed by atoms with E-state index in [0.29, 0.717) is 0 Å². The van der Waals surface area contributed by atoms with E-state index in [9.17, 15) is 0 Å².